The molecule has 474 valence electrons. The first-order chi connectivity index (χ1) is 41.5. The molecule has 0 bridgehead atoms. The van der Waals surface area contributed by atoms with Crippen molar-refractivity contribution in [1.29, 1.82) is 0 Å². The predicted octanol–water partition coefficient (Wildman–Crippen LogP) is 20.4. The van der Waals surface area contributed by atoms with Crippen molar-refractivity contribution in [1.82, 2.24) is 9.13 Å². The van der Waals surface area contributed by atoms with Gasteiger partial charge in [0.1, 0.15) is 17.6 Å². The topological polar surface area (TPSA) is 65.2 Å². The van der Waals surface area contributed by atoms with Gasteiger partial charge in [-0.2, -0.15) is 0 Å². The van der Waals surface area contributed by atoms with Crippen LogP contribution in [0.15, 0.2) is 60.7 Å². The van der Waals surface area contributed by atoms with Crippen molar-refractivity contribution in [3.8, 4) is 82.5 Å². The number of benzene rings is 4. The molecule has 8 rings (SSSR count). The molecule has 8 nitrogen and oxygen atoms in total. The quantitative estimate of drug-likeness (QED) is 0.0238. The van der Waals surface area contributed by atoms with Crippen LogP contribution >= 0.6 is 0 Å². The summed E-state index contributed by atoms with van der Waals surface area (Å²) >= 11 is 0. The largest absolute Gasteiger partial charge is 0.494 e. The van der Waals surface area contributed by atoms with E-state index in [0.717, 1.165) is 111 Å². The van der Waals surface area contributed by atoms with E-state index in [2.05, 4.69) is 199 Å². The fourth-order valence-electron chi connectivity index (χ4n) is 12.2. The summed E-state index contributed by atoms with van der Waals surface area (Å²) < 4.78 is 45.8. The second kappa shape index (κ2) is 31.2. The van der Waals surface area contributed by atoms with Crippen molar-refractivity contribution in [3.05, 3.63) is 60.7 Å². The molecule has 2 aliphatic heterocycles. The maximum atomic E-state index is 7.18. The molecule has 6 aromatic rings. The van der Waals surface area contributed by atoms with Crippen LogP contribution in [-0.2, 0) is 31.7 Å². The number of aromatic nitrogens is 2. The van der Waals surface area contributed by atoms with Crippen LogP contribution in [0, 0.1) is 59.9 Å². The molecule has 10 heteroatoms. The Labute approximate surface area is 533 Å². The van der Waals surface area contributed by atoms with Gasteiger partial charge in [0, 0.05) is 107 Å². The van der Waals surface area contributed by atoms with Crippen molar-refractivity contribution in [2.24, 2.45) is 0 Å². The molecule has 0 spiro atoms. The maximum Gasteiger partial charge on any atom is 0.494 e. The van der Waals surface area contributed by atoms with Crippen molar-refractivity contribution in [2.75, 3.05) is 6.61 Å². The van der Waals surface area contributed by atoms with Gasteiger partial charge >= 0.3 is 14.2 Å². The van der Waals surface area contributed by atoms with Crippen LogP contribution in [0.4, 0.5) is 0 Å². The molecule has 0 radical (unpaired) electrons. The molecule has 2 aromatic heterocycles. The van der Waals surface area contributed by atoms with Gasteiger partial charge in [0.15, 0.2) is 0 Å². The summed E-state index contributed by atoms with van der Waals surface area (Å²) in [6.07, 6.45) is 37.8. The summed E-state index contributed by atoms with van der Waals surface area (Å²) in [5, 5.41) is 4.50. The number of aryl methyl sites for hydroxylation is 2. The standard InChI is InChI=1S/C76H98B2N2O6.10H2/c1-13-17-21-25-29-33-37-41-49-79-67-47-45-59(77-83-73(5,6)74(7,8)84-77)53-61(67)63-55-65(71(57-69(63)79)81-51-43-39-35-31-27-23-19-15-3)66-56-64-62-54-60(78-85-75(9,10)76(11,12)86-78)46-48-68(62)80(50-42-38-34-30-26-22-18-14-2)70(64)58-72(66)82-52-44-40-36-32-28-24-20-16-4;;;;;;;;;;/h3,45-48,53-58H,13-14,16-18,20-22,24-26,28-30,32-34,36-38,40-42,44,49-50,52H2,1-2,4-12H3;10*1H. The van der Waals surface area contributed by atoms with Crippen LogP contribution in [-0.4, -0.2) is 52.4 Å². The lowest BCUT2D eigenvalue weighted by Crippen LogP contribution is -2.41. The highest BCUT2D eigenvalue weighted by molar-refractivity contribution is 6.63. The van der Waals surface area contributed by atoms with E-state index < -0.39 is 36.6 Å². The average molecular weight is 1180 g/mol. The molecule has 0 amide bonds. The molecule has 2 aliphatic rings. The third-order valence-corrected chi connectivity index (χ3v) is 18.7. The molecule has 0 aliphatic carbocycles. The Kier molecular flexibility index (Phi) is 23.8. The van der Waals surface area contributed by atoms with Gasteiger partial charge in [0.25, 0.3) is 0 Å². The van der Waals surface area contributed by atoms with Gasteiger partial charge in [-0.3, -0.25) is 0 Å². The zero-order chi connectivity index (χ0) is 61.2. The summed E-state index contributed by atoms with van der Waals surface area (Å²) in [4.78, 5) is 0. The average Bonchev–Trinajstić information content (AvgIpc) is 1.56. The van der Waals surface area contributed by atoms with Crippen LogP contribution in [0.25, 0.3) is 54.7 Å². The zero-order valence-electron chi connectivity index (χ0n) is 54.4. The molecular formula is C76H118B2N2O6. The van der Waals surface area contributed by atoms with Gasteiger partial charge < -0.3 is 37.2 Å². The van der Waals surface area contributed by atoms with E-state index in [-0.39, 0.29) is 14.3 Å². The molecule has 86 heavy (non-hydrogen) atoms. The van der Waals surface area contributed by atoms with Crippen LogP contribution in [0.5, 0.6) is 11.5 Å². The van der Waals surface area contributed by atoms with Gasteiger partial charge in [-0.05, 0) is 134 Å². The minimum absolute atomic E-state index is 0. The first-order valence-corrected chi connectivity index (χ1v) is 33.2. The summed E-state index contributed by atoms with van der Waals surface area (Å²) in [7, 11) is -1.03. The van der Waals surface area contributed by atoms with Crippen LogP contribution < -0.4 is 20.4 Å². The number of ether oxygens (including phenoxy) is 2. The first-order valence-electron chi connectivity index (χ1n) is 33.2. The van der Waals surface area contributed by atoms with Gasteiger partial charge in [0.2, 0.25) is 0 Å². The lowest BCUT2D eigenvalue weighted by molar-refractivity contribution is 0.00578. The number of nitrogens with zero attached hydrogens (tertiary/aromatic N) is 2. The molecule has 0 saturated carbocycles. The van der Waals surface area contributed by atoms with E-state index in [1.165, 1.54) is 128 Å². The Bertz CT molecular complexity index is 3580. The number of terminal acetylenes is 1. The molecule has 2 fully saturated rings. The molecule has 4 aromatic carbocycles. The Morgan fingerprint density at radius 2 is 0.756 bits per heavy atom. The Hall–Kier alpha value is -6.15. The fourth-order valence-corrected chi connectivity index (χ4v) is 12.2. The highest BCUT2D eigenvalue weighted by atomic mass is 16.7. The molecule has 0 atom stereocenters. The summed E-state index contributed by atoms with van der Waals surface area (Å²) in [5.74, 6) is 22.8. The van der Waals surface area contributed by atoms with Crippen molar-refractivity contribution in [2.45, 2.75) is 266 Å². The molecular weight excluding hydrogens is 1060 g/mol. The van der Waals surface area contributed by atoms with Gasteiger partial charge in [-0.15, -0.1) is 6.42 Å². The lowest BCUT2D eigenvalue weighted by atomic mass is 9.78. The Balaban J connectivity index is -0.00000865. The van der Waals surface area contributed by atoms with Gasteiger partial charge in [-0.1, -0.05) is 180 Å². The minimum Gasteiger partial charge on any atom is -0.493 e. The van der Waals surface area contributed by atoms with Gasteiger partial charge in [0.05, 0.1) is 40.0 Å². The summed E-state index contributed by atoms with van der Waals surface area (Å²) in [5.41, 5.74) is 6.37. The third kappa shape index (κ3) is 16.3. The van der Waals surface area contributed by atoms with E-state index >= 15 is 0 Å². The van der Waals surface area contributed by atoms with Crippen LogP contribution in [0.2, 0.25) is 0 Å². The van der Waals surface area contributed by atoms with Crippen molar-refractivity contribution < 1.29 is 42.4 Å². The van der Waals surface area contributed by atoms with E-state index in [1.54, 1.807) is 0 Å². The fraction of sp³-hybridized carbons (Fsp3) is 0.553. The zero-order valence-corrected chi connectivity index (χ0v) is 54.4. The first kappa shape index (κ1) is 65.8. The van der Waals surface area contributed by atoms with Crippen LogP contribution in [0.1, 0.15) is 245 Å². The second-order valence-electron chi connectivity index (χ2n) is 26.3. The SMILES string of the molecule is C#CC#CC#CC#CC#COc1cc2c(cc1-c1cc3c4cc(B5OC(C)(C)C(C)(C)O5)ccc4n(CCCCCCCCCC)c3cc1OCCCCCCCCCC)c1cc(B3OC(C)(C)C(C)(C)O3)ccc1n2CCCCCCCCCC.[HH].[HH].[HH].[HH].[HH].[HH].[HH].[HH].[HH].[HH]. The Morgan fingerprint density at radius 1 is 0.407 bits per heavy atom. The highest BCUT2D eigenvalue weighted by Crippen LogP contribution is 2.46. The monoisotopic (exact) mass is 1180 g/mol. The number of hydrogen-bond donors (Lipinski definition) is 0. The molecule has 4 heterocycles. The number of unbranched alkanes of at least 4 members (excludes halogenated alkanes) is 21. The van der Waals surface area contributed by atoms with E-state index in [0.29, 0.717) is 12.4 Å². The van der Waals surface area contributed by atoms with E-state index in [9.17, 15) is 0 Å². The summed E-state index contributed by atoms with van der Waals surface area (Å²) in [6, 6.07) is 22.7. The molecule has 0 N–H and O–H groups in total. The summed E-state index contributed by atoms with van der Waals surface area (Å²) in [6.45, 7) is 26.1. The smallest absolute Gasteiger partial charge is 0.493 e. The second-order valence-corrected chi connectivity index (χ2v) is 26.3. The van der Waals surface area contributed by atoms with E-state index in [4.69, 9.17) is 34.5 Å². The van der Waals surface area contributed by atoms with Crippen LogP contribution in [0.3, 0.4) is 0 Å². The van der Waals surface area contributed by atoms with E-state index in [1.807, 2.05) is 0 Å². The molecule has 0 unspecified atom stereocenters. The molecule has 2 saturated heterocycles. The normalized spacial score (nSPS) is 15.5. The Morgan fingerprint density at radius 3 is 1.17 bits per heavy atom. The van der Waals surface area contributed by atoms with Gasteiger partial charge in [-0.25, -0.2) is 0 Å². The minimum atomic E-state index is -0.521. The van der Waals surface area contributed by atoms with Crippen molar-refractivity contribution in [3.63, 3.8) is 0 Å². The third-order valence-electron chi connectivity index (χ3n) is 18.7. The number of hydrogen-bond acceptors (Lipinski definition) is 6. The highest BCUT2D eigenvalue weighted by Gasteiger charge is 2.53. The number of fused-ring (bicyclic) bond motifs is 6. The van der Waals surface area contributed by atoms with Crippen molar-refractivity contribution >= 4 is 68.8 Å². The predicted molar refractivity (Wildman–Crippen MR) is 384 cm³/mol. The lowest BCUT2D eigenvalue weighted by Gasteiger charge is -2.32. The number of rotatable bonds is 32. The maximum absolute atomic E-state index is 7.18.